The summed E-state index contributed by atoms with van der Waals surface area (Å²) in [4.78, 5) is 14.0. The fourth-order valence-corrected chi connectivity index (χ4v) is 1.86. The van der Waals surface area contributed by atoms with Crippen molar-refractivity contribution in [3.05, 3.63) is 53.9 Å². The van der Waals surface area contributed by atoms with E-state index in [-0.39, 0.29) is 18.0 Å². The lowest BCUT2D eigenvalue weighted by atomic mass is 10.1. The molecule has 5 nitrogen and oxygen atoms in total. The molecule has 2 aromatic rings. The molecule has 0 saturated heterocycles. The quantitative estimate of drug-likeness (QED) is 0.879. The fourth-order valence-electron chi connectivity index (χ4n) is 1.86. The van der Waals surface area contributed by atoms with E-state index in [2.05, 4.69) is 10.3 Å². The summed E-state index contributed by atoms with van der Waals surface area (Å²) >= 11 is 0. The number of nitrogens with zero attached hydrogens (tertiary/aromatic N) is 1. The van der Waals surface area contributed by atoms with E-state index >= 15 is 0 Å². The van der Waals surface area contributed by atoms with E-state index in [4.69, 9.17) is 9.84 Å². The van der Waals surface area contributed by atoms with Crippen molar-refractivity contribution >= 4 is 6.09 Å². The van der Waals surface area contributed by atoms with Gasteiger partial charge in [0.2, 0.25) is 0 Å². The van der Waals surface area contributed by atoms with Gasteiger partial charge >= 0.3 is 12.3 Å². The minimum absolute atomic E-state index is 0.235. The third kappa shape index (κ3) is 4.87. The number of nitrogens with one attached hydrogen (secondary N) is 1. The second-order valence-electron chi connectivity index (χ2n) is 4.60. The predicted octanol–water partition coefficient (Wildman–Crippen LogP) is 3.70. The molecule has 2 N–H and O–H groups in total. The van der Waals surface area contributed by atoms with Crippen LogP contribution < -0.4 is 10.1 Å². The van der Waals surface area contributed by atoms with Crippen LogP contribution in [0.5, 0.6) is 11.5 Å². The number of alkyl halides is 3. The van der Waals surface area contributed by atoms with Gasteiger partial charge in [0, 0.05) is 12.7 Å². The van der Waals surface area contributed by atoms with Crippen LogP contribution >= 0.6 is 0 Å². The number of pyridine rings is 1. The number of rotatable bonds is 5. The van der Waals surface area contributed by atoms with Crippen LogP contribution in [0.3, 0.4) is 0 Å². The van der Waals surface area contributed by atoms with Crippen molar-refractivity contribution in [3.63, 3.8) is 0 Å². The second kappa shape index (κ2) is 6.99. The Hall–Kier alpha value is -2.77. The number of aromatic nitrogens is 1. The van der Waals surface area contributed by atoms with Crippen LogP contribution in [0.4, 0.5) is 18.0 Å². The Kier molecular flexibility index (Phi) is 5.05. The van der Waals surface area contributed by atoms with Crippen molar-refractivity contribution < 1.29 is 27.8 Å². The lowest BCUT2D eigenvalue weighted by Gasteiger charge is -2.13. The third-order valence-electron chi connectivity index (χ3n) is 2.93. The molecule has 122 valence electrons. The number of halogens is 3. The van der Waals surface area contributed by atoms with Gasteiger partial charge < -0.3 is 15.2 Å². The van der Waals surface area contributed by atoms with Gasteiger partial charge in [0.25, 0.3) is 0 Å². The lowest BCUT2D eigenvalue weighted by molar-refractivity contribution is -0.138. The molecule has 1 aromatic heterocycles. The maximum atomic E-state index is 12.9. The molecule has 1 heterocycles. The Bertz CT molecular complexity index is 672. The maximum Gasteiger partial charge on any atom is 0.420 e. The van der Waals surface area contributed by atoms with E-state index in [0.29, 0.717) is 6.42 Å². The highest BCUT2D eigenvalue weighted by atomic mass is 19.4. The molecule has 0 unspecified atom stereocenters. The molecule has 2 rings (SSSR count). The van der Waals surface area contributed by atoms with Crippen LogP contribution in [-0.4, -0.2) is 22.7 Å². The predicted molar refractivity (Wildman–Crippen MR) is 75.5 cm³/mol. The first kappa shape index (κ1) is 16.6. The summed E-state index contributed by atoms with van der Waals surface area (Å²) in [6.45, 7) is 0.246. The van der Waals surface area contributed by atoms with Crippen molar-refractivity contribution in [1.82, 2.24) is 10.3 Å². The van der Waals surface area contributed by atoms with Crippen molar-refractivity contribution in [2.24, 2.45) is 0 Å². The molecule has 1 aromatic carbocycles. The molecular weight excluding hydrogens is 313 g/mol. The molecule has 0 atom stereocenters. The molecular formula is C15H13F3N2O3. The maximum absolute atomic E-state index is 12.9. The van der Waals surface area contributed by atoms with Crippen molar-refractivity contribution in [2.45, 2.75) is 12.6 Å². The van der Waals surface area contributed by atoms with Gasteiger partial charge in [-0.3, -0.25) is 4.98 Å². The average Bonchev–Trinajstić information content (AvgIpc) is 2.48. The van der Waals surface area contributed by atoms with Crippen molar-refractivity contribution in [2.75, 3.05) is 6.54 Å². The lowest BCUT2D eigenvalue weighted by Crippen LogP contribution is -2.23. The van der Waals surface area contributed by atoms with Gasteiger partial charge in [0.1, 0.15) is 11.3 Å². The van der Waals surface area contributed by atoms with E-state index in [0.717, 1.165) is 24.0 Å². The monoisotopic (exact) mass is 326 g/mol. The topological polar surface area (TPSA) is 71.5 Å². The molecule has 0 radical (unpaired) electrons. The molecule has 0 aliphatic carbocycles. The number of hydrogen-bond acceptors (Lipinski definition) is 3. The molecule has 23 heavy (non-hydrogen) atoms. The number of amides is 1. The number of hydrogen-bond donors (Lipinski definition) is 2. The molecule has 0 aliphatic rings. The fraction of sp³-hybridized carbons (Fsp3) is 0.200. The van der Waals surface area contributed by atoms with E-state index in [1.807, 2.05) is 0 Å². The standard InChI is InChI=1S/C15H13F3N2O3/c16-15(17,18)12-6-7-19-9-13(12)23-11-3-1-10(2-4-11)5-8-20-14(21)22/h1-4,6-7,9,20H,5,8H2,(H,21,22). The SMILES string of the molecule is O=C(O)NCCc1ccc(Oc2cnccc2C(F)(F)F)cc1. The van der Waals surface area contributed by atoms with Gasteiger partial charge in [-0.2, -0.15) is 13.2 Å². The van der Waals surface area contributed by atoms with Crippen molar-refractivity contribution in [1.29, 1.82) is 0 Å². The van der Waals surface area contributed by atoms with Crippen molar-refractivity contribution in [3.8, 4) is 11.5 Å². The minimum atomic E-state index is -4.53. The first-order valence-electron chi connectivity index (χ1n) is 6.61. The highest BCUT2D eigenvalue weighted by Gasteiger charge is 2.34. The van der Waals surface area contributed by atoms with Crippen LogP contribution in [-0.2, 0) is 12.6 Å². The Labute approximate surface area is 129 Å². The highest BCUT2D eigenvalue weighted by Crippen LogP contribution is 2.37. The average molecular weight is 326 g/mol. The molecule has 0 bridgehead atoms. The molecule has 0 spiro atoms. The molecule has 0 aliphatic heterocycles. The molecule has 0 fully saturated rings. The van der Waals surface area contributed by atoms with E-state index in [1.54, 1.807) is 12.1 Å². The molecule has 1 amide bonds. The van der Waals surface area contributed by atoms with Gasteiger partial charge in [0.15, 0.2) is 5.75 Å². The van der Waals surface area contributed by atoms with Crippen LogP contribution in [0.25, 0.3) is 0 Å². The van der Waals surface area contributed by atoms with Gasteiger partial charge in [-0.05, 0) is 30.2 Å². The number of carbonyl (C=O) groups is 1. The minimum Gasteiger partial charge on any atom is -0.465 e. The first-order valence-corrected chi connectivity index (χ1v) is 6.61. The van der Waals surface area contributed by atoms with Gasteiger partial charge in [-0.25, -0.2) is 4.79 Å². The zero-order valence-corrected chi connectivity index (χ0v) is 11.8. The van der Waals surface area contributed by atoms with E-state index in [1.165, 1.54) is 12.1 Å². The summed E-state index contributed by atoms with van der Waals surface area (Å²) in [5.74, 6) is -0.140. The summed E-state index contributed by atoms with van der Waals surface area (Å²) in [6, 6.07) is 7.19. The van der Waals surface area contributed by atoms with Gasteiger partial charge in [-0.1, -0.05) is 12.1 Å². The zero-order chi connectivity index (χ0) is 16.9. The largest absolute Gasteiger partial charge is 0.465 e. The third-order valence-corrected chi connectivity index (χ3v) is 2.93. The first-order chi connectivity index (χ1) is 10.9. The Morgan fingerprint density at radius 2 is 1.91 bits per heavy atom. The summed E-state index contributed by atoms with van der Waals surface area (Å²) in [5.41, 5.74) is -0.0735. The second-order valence-corrected chi connectivity index (χ2v) is 4.60. The summed E-state index contributed by atoms with van der Waals surface area (Å²) < 4.78 is 43.8. The number of carboxylic acid groups (broad SMARTS) is 1. The molecule has 0 saturated carbocycles. The van der Waals surface area contributed by atoms with E-state index in [9.17, 15) is 18.0 Å². The van der Waals surface area contributed by atoms with Gasteiger partial charge in [0.05, 0.1) is 6.20 Å². The normalized spacial score (nSPS) is 11.1. The summed E-state index contributed by atoms with van der Waals surface area (Å²) in [6.07, 6.45) is -3.11. The zero-order valence-electron chi connectivity index (χ0n) is 11.8. The van der Waals surface area contributed by atoms with Crippen LogP contribution in [0.1, 0.15) is 11.1 Å². The Morgan fingerprint density at radius 3 is 2.52 bits per heavy atom. The Morgan fingerprint density at radius 1 is 1.22 bits per heavy atom. The van der Waals surface area contributed by atoms with Gasteiger partial charge in [-0.15, -0.1) is 0 Å². The number of benzene rings is 1. The summed E-state index contributed by atoms with van der Waals surface area (Å²) in [7, 11) is 0. The van der Waals surface area contributed by atoms with Crippen LogP contribution in [0, 0.1) is 0 Å². The molecule has 8 heteroatoms. The van der Waals surface area contributed by atoms with Crippen LogP contribution in [0.15, 0.2) is 42.7 Å². The smallest absolute Gasteiger partial charge is 0.420 e. The van der Waals surface area contributed by atoms with E-state index < -0.39 is 17.8 Å². The number of ether oxygens (including phenoxy) is 1. The highest BCUT2D eigenvalue weighted by molar-refractivity contribution is 5.64. The Balaban J connectivity index is 2.06. The van der Waals surface area contributed by atoms with Crippen LogP contribution in [0.2, 0.25) is 0 Å². The summed E-state index contributed by atoms with van der Waals surface area (Å²) in [5, 5.41) is 10.7.